The molecule has 0 aromatic heterocycles. The number of carboxylic acids is 1. The van der Waals surface area contributed by atoms with Gasteiger partial charge in [0, 0.05) is 0 Å². The van der Waals surface area contributed by atoms with E-state index in [0.29, 0.717) is 0 Å². The Morgan fingerprint density at radius 1 is 1.00 bits per heavy atom. The van der Waals surface area contributed by atoms with Crippen LogP contribution in [0.25, 0.3) is 0 Å². The summed E-state index contributed by atoms with van der Waals surface area (Å²) in [6.07, 6.45) is 12.2. The van der Waals surface area contributed by atoms with Crippen molar-refractivity contribution < 1.29 is 14.6 Å². The first kappa shape index (κ1) is 14.5. The fourth-order valence-corrected chi connectivity index (χ4v) is 2.24. The van der Waals surface area contributed by atoms with Gasteiger partial charge in [-0.05, 0) is 6.42 Å². The van der Waals surface area contributed by atoms with Gasteiger partial charge in [-0.25, -0.2) is 4.79 Å². The molecule has 1 fully saturated rings. The first-order chi connectivity index (χ1) is 8.25. The minimum Gasteiger partial charge on any atom is -0.479 e. The third-order valence-corrected chi connectivity index (χ3v) is 3.42. The van der Waals surface area contributed by atoms with Gasteiger partial charge >= 0.3 is 5.97 Å². The van der Waals surface area contributed by atoms with Crippen LogP contribution in [0.5, 0.6) is 0 Å². The van der Waals surface area contributed by atoms with Crippen LogP contribution in [0.4, 0.5) is 0 Å². The van der Waals surface area contributed by atoms with Gasteiger partial charge < -0.3 is 9.84 Å². The number of unbranched alkanes of at least 4 members (excludes halogenated alkanes) is 8. The van der Waals surface area contributed by atoms with Crippen molar-refractivity contribution in [3.8, 4) is 0 Å². The molecule has 0 bridgehead atoms. The lowest BCUT2D eigenvalue weighted by Crippen LogP contribution is -2.07. The van der Waals surface area contributed by atoms with E-state index in [4.69, 9.17) is 9.84 Å². The summed E-state index contributed by atoms with van der Waals surface area (Å²) in [4.78, 5) is 10.5. The topological polar surface area (TPSA) is 49.8 Å². The van der Waals surface area contributed by atoms with Crippen LogP contribution in [0.15, 0.2) is 0 Å². The van der Waals surface area contributed by atoms with Gasteiger partial charge in [0.2, 0.25) is 0 Å². The van der Waals surface area contributed by atoms with Gasteiger partial charge in [0.1, 0.15) is 0 Å². The number of rotatable bonds is 11. The van der Waals surface area contributed by atoms with Gasteiger partial charge in [-0.3, -0.25) is 0 Å². The van der Waals surface area contributed by atoms with E-state index in [2.05, 4.69) is 6.92 Å². The lowest BCUT2D eigenvalue weighted by molar-refractivity contribution is -0.138. The third-order valence-electron chi connectivity index (χ3n) is 3.42. The Morgan fingerprint density at radius 2 is 1.53 bits per heavy atom. The summed E-state index contributed by atoms with van der Waals surface area (Å²) in [6, 6.07) is 0. The van der Waals surface area contributed by atoms with Crippen molar-refractivity contribution in [3.63, 3.8) is 0 Å². The summed E-state index contributed by atoms with van der Waals surface area (Å²) in [7, 11) is 0. The average Bonchev–Trinajstić information content (AvgIpc) is 3.06. The minimum absolute atomic E-state index is 0.0112. The van der Waals surface area contributed by atoms with Crippen LogP contribution in [0.1, 0.15) is 71.1 Å². The van der Waals surface area contributed by atoms with E-state index in [0.717, 1.165) is 12.8 Å². The Hall–Kier alpha value is -0.570. The summed E-state index contributed by atoms with van der Waals surface area (Å²) in [5.74, 6) is -0.800. The Labute approximate surface area is 105 Å². The summed E-state index contributed by atoms with van der Waals surface area (Å²) >= 11 is 0. The van der Waals surface area contributed by atoms with Crippen molar-refractivity contribution >= 4 is 5.97 Å². The first-order valence-electron chi connectivity index (χ1n) is 7.14. The molecule has 17 heavy (non-hydrogen) atoms. The summed E-state index contributed by atoms with van der Waals surface area (Å²) in [5.41, 5.74) is 0. The number of ether oxygens (including phenoxy) is 1. The predicted octanol–water partition coefficient (Wildman–Crippen LogP) is 3.76. The van der Waals surface area contributed by atoms with Crippen LogP contribution in [0.3, 0.4) is 0 Å². The van der Waals surface area contributed by atoms with Gasteiger partial charge in [0.05, 0.1) is 6.10 Å². The fourth-order valence-electron chi connectivity index (χ4n) is 2.24. The number of carbonyl (C=O) groups is 1. The molecule has 0 aromatic rings. The maximum atomic E-state index is 10.5. The van der Waals surface area contributed by atoms with Gasteiger partial charge in [0.15, 0.2) is 6.10 Å². The molecule has 1 aliphatic rings. The van der Waals surface area contributed by atoms with Crippen LogP contribution in [0.2, 0.25) is 0 Å². The zero-order valence-electron chi connectivity index (χ0n) is 11.0. The average molecular weight is 242 g/mol. The van der Waals surface area contributed by atoms with Crippen molar-refractivity contribution in [2.75, 3.05) is 0 Å². The number of epoxide rings is 1. The molecule has 1 rings (SSSR count). The first-order valence-corrected chi connectivity index (χ1v) is 7.14. The highest BCUT2D eigenvalue weighted by Crippen LogP contribution is 2.27. The lowest BCUT2D eigenvalue weighted by atomic mass is 10.1. The quantitative estimate of drug-likeness (QED) is 0.443. The third kappa shape index (κ3) is 6.67. The standard InChI is InChI=1S/C14H26O3/c1-2-3-4-5-6-7-8-9-10-11-12-13(17-12)14(15)16/h12-13H,2-11H2,1H3,(H,15,16)/t12?,13-/m1/s1. The summed E-state index contributed by atoms with van der Waals surface area (Å²) in [5, 5.41) is 8.64. The van der Waals surface area contributed by atoms with Crippen molar-refractivity contribution in [1.29, 1.82) is 0 Å². The molecule has 1 saturated heterocycles. The molecule has 0 aromatic carbocycles. The fraction of sp³-hybridized carbons (Fsp3) is 0.929. The van der Waals surface area contributed by atoms with Crippen molar-refractivity contribution in [1.82, 2.24) is 0 Å². The largest absolute Gasteiger partial charge is 0.479 e. The predicted molar refractivity (Wildman–Crippen MR) is 68.1 cm³/mol. The Balaban J connectivity index is 1.75. The van der Waals surface area contributed by atoms with Crippen molar-refractivity contribution in [2.45, 2.75) is 83.3 Å². The molecule has 0 saturated carbocycles. The lowest BCUT2D eigenvalue weighted by Gasteiger charge is -2.00. The van der Waals surface area contributed by atoms with E-state index in [1.807, 2.05) is 0 Å². The molecule has 1 aliphatic heterocycles. The van der Waals surface area contributed by atoms with E-state index in [9.17, 15) is 4.79 Å². The molecule has 3 heteroatoms. The Kier molecular flexibility index (Phi) is 7.25. The van der Waals surface area contributed by atoms with E-state index >= 15 is 0 Å². The molecule has 100 valence electrons. The monoisotopic (exact) mass is 242 g/mol. The summed E-state index contributed by atoms with van der Waals surface area (Å²) < 4.78 is 5.05. The maximum absolute atomic E-state index is 10.5. The van der Waals surface area contributed by atoms with Crippen LogP contribution in [0, 0.1) is 0 Å². The SMILES string of the molecule is CCCCCCCCCCCC1O[C@H]1C(=O)O. The second-order valence-electron chi connectivity index (χ2n) is 5.05. The molecular formula is C14H26O3. The normalized spacial score (nSPS) is 22.6. The van der Waals surface area contributed by atoms with E-state index in [-0.39, 0.29) is 6.10 Å². The van der Waals surface area contributed by atoms with Crippen LogP contribution >= 0.6 is 0 Å². The molecule has 1 unspecified atom stereocenters. The van der Waals surface area contributed by atoms with Gasteiger partial charge in [-0.2, -0.15) is 0 Å². The van der Waals surface area contributed by atoms with Gasteiger partial charge in [-0.1, -0.05) is 64.7 Å². The zero-order valence-corrected chi connectivity index (χ0v) is 11.0. The smallest absolute Gasteiger partial charge is 0.335 e. The number of aliphatic carboxylic acids is 1. The Morgan fingerprint density at radius 3 is 2.00 bits per heavy atom. The highest BCUT2D eigenvalue weighted by atomic mass is 16.6. The summed E-state index contributed by atoms with van der Waals surface area (Å²) in [6.45, 7) is 2.24. The van der Waals surface area contributed by atoms with Crippen LogP contribution < -0.4 is 0 Å². The highest BCUT2D eigenvalue weighted by Gasteiger charge is 2.44. The second-order valence-corrected chi connectivity index (χ2v) is 5.05. The Bertz CT molecular complexity index is 216. The van der Waals surface area contributed by atoms with Crippen LogP contribution in [-0.2, 0) is 9.53 Å². The number of hydrogen-bond acceptors (Lipinski definition) is 2. The van der Waals surface area contributed by atoms with E-state index in [1.165, 1.54) is 51.4 Å². The molecule has 2 atom stereocenters. The van der Waals surface area contributed by atoms with E-state index < -0.39 is 12.1 Å². The van der Waals surface area contributed by atoms with Crippen molar-refractivity contribution in [3.05, 3.63) is 0 Å². The highest BCUT2D eigenvalue weighted by molar-refractivity contribution is 5.75. The van der Waals surface area contributed by atoms with Crippen molar-refractivity contribution in [2.24, 2.45) is 0 Å². The molecule has 0 aliphatic carbocycles. The van der Waals surface area contributed by atoms with Gasteiger partial charge in [-0.15, -0.1) is 0 Å². The van der Waals surface area contributed by atoms with Crippen LogP contribution in [-0.4, -0.2) is 23.3 Å². The molecule has 1 heterocycles. The second kappa shape index (κ2) is 8.51. The molecular weight excluding hydrogens is 216 g/mol. The van der Waals surface area contributed by atoms with Gasteiger partial charge in [0.25, 0.3) is 0 Å². The molecule has 0 amide bonds. The minimum atomic E-state index is -0.800. The molecule has 1 N–H and O–H groups in total. The maximum Gasteiger partial charge on any atom is 0.335 e. The molecule has 3 nitrogen and oxygen atoms in total. The molecule has 0 spiro atoms. The number of carboxylic acid groups (broad SMARTS) is 1. The number of hydrogen-bond donors (Lipinski definition) is 1. The molecule has 0 radical (unpaired) electrons. The van der Waals surface area contributed by atoms with E-state index in [1.54, 1.807) is 0 Å². The zero-order chi connectivity index (χ0) is 12.5.